The van der Waals surface area contributed by atoms with Crippen LogP contribution in [0.4, 0.5) is 0 Å². The lowest BCUT2D eigenvalue weighted by Crippen LogP contribution is -2.36. The van der Waals surface area contributed by atoms with Gasteiger partial charge in [0.2, 0.25) is 0 Å². The van der Waals surface area contributed by atoms with Crippen LogP contribution in [0.5, 0.6) is 0 Å². The monoisotopic (exact) mass is 209 g/mol. The van der Waals surface area contributed by atoms with E-state index in [1.165, 1.54) is 25.7 Å². The van der Waals surface area contributed by atoms with E-state index < -0.39 is 0 Å². The van der Waals surface area contributed by atoms with Crippen molar-refractivity contribution >= 4 is 5.78 Å². The second-order valence-corrected chi connectivity index (χ2v) is 4.52. The van der Waals surface area contributed by atoms with Gasteiger partial charge >= 0.3 is 0 Å². The molecule has 0 radical (unpaired) electrons. The lowest BCUT2D eigenvalue weighted by Gasteiger charge is -2.28. The SMILES string of the molecule is C=CCCN1CCCCCC1CC(C)=O. The number of rotatable bonds is 5. The summed E-state index contributed by atoms with van der Waals surface area (Å²) in [6.45, 7) is 7.70. The van der Waals surface area contributed by atoms with Gasteiger partial charge < -0.3 is 0 Å². The van der Waals surface area contributed by atoms with Crippen molar-refractivity contribution in [2.45, 2.75) is 51.5 Å². The molecule has 1 heterocycles. The minimum Gasteiger partial charge on any atom is -0.300 e. The highest BCUT2D eigenvalue weighted by Gasteiger charge is 2.21. The van der Waals surface area contributed by atoms with Gasteiger partial charge in [-0.15, -0.1) is 6.58 Å². The number of hydrogen-bond donors (Lipinski definition) is 0. The zero-order chi connectivity index (χ0) is 11.1. The molecule has 0 amide bonds. The first kappa shape index (κ1) is 12.4. The zero-order valence-corrected chi connectivity index (χ0v) is 9.87. The van der Waals surface area contributed by atoms with E-state index in [-0.39, 0.29) is 0 Å². The van der Waals surface area contributed by atoms with E-state index in [9.17, 15) is 4.79 Å². The third-order valence-electron chi connectivity index (χ3n) is 3.14. The van der Waals surface area contributed by atoms with Gasteiger partial charge in [-0.05, 0) is 32.7 Å². The highest BCUT2D eigenvalue weighted by atomic mass is 16.1. The summed E-state index contributed by atoms with van der Waals surface area (Å²) < 4.78 is 0. The summed E-state index contributed by atoms with van der Waals surface area (Å²) in [5, 5.41) is 0. The summed E-state index contributed by atoms with van der Waals surface area (Å²) in [5.41, 5.74) is 0. The molecule has 1 aliphatic heterocycles. The third-order valence-corrected chi connectivity index (χ3v) is 3.14. The molecular weight excluding hydrogens is 186 g/mol. The summed E-state index contributed by atoms with van der Waals surface area (Å²) in [4.78, 5) is 13.7. The Hall–Kier alpha value is -0.630. The van der Waals surface area contributed by atoms with E-state index in [0.29, 0.717) is 11.8 Å². The van der Waals surface area contributed by atoms with Gasteiger partial charge in [-0.2, -0.15) is 0 Å². The Bertz CT molecular complexity index is 213. The van der Waals surface area contributed by atoms with Crippen LogP contribution in [0.25, 0.3) is 0 Å². The van der Waals surface area contributed by atoms with Crippen molar-refractivity contribution < 1.29 is 4.79 Å². The molecule has 2 heteroatoms. The number of carbonyl (C=O) groups is 1. The molecule has 1 saturated heterocycles. The summed E-state index contributed by atoms with van der Waals surface area (Å²) >= 11 is 0. The quantitative estimate of drug-likeness (QED) is 0.649. The van der Waals surface area contributed by atoms with Crippen LogP contribution in [0.15, 0.2) is 12.7 Å². The highest BCUT2D eigenvalue weighted by Crippen LogP contribution is 2.19. The van der Waals surface area contributed by atoms with Gasteiger partial charge in [0.15, 0.2) is 0 Å². The fraction of sp³-hybridized carbons (Fsp3) is 0.769. The summed E-state index contributed by atoms with van der Waals surface area (Å²) in [7, 11) is 0. The van der Waals surface area contributed by atoms with Crippen LogP contribution in [0.2, 0.25) is 0 Å². The topological polar surface area (TPSA) is 20.3 Å². The van der Waals surface area contributed by atoms with Crippen LogP contribution in [0, 0.1) is 0 Å². The molecule has 1 atom stereocenters. The minimum atomic E-state index is 0.325. The smallest absolute Gasteiger partial charge is 0.131 e. The van der Waals surface area contributed by atoms with Crippen LogP contribution < -0.4 is 0 Å². The zero-order valence-electron chi connectivity index (χ0n) is 9.87. The lowest BCUT2D eigenvalue weighted by molar-refractivity contribution is -0.118. The van der Waals surface area contributed by atoms with Crippen LogP contribution in [0.1, 0.15) is 45.4 Å². The molecule has 1 fully saturated rings. The van der Waals surface area contributed by atoms with Gasteiger partial charge in [0.05, 0.1) is 0 Å². The second-order valence-electron chi connectivity index (χ2n) is 4.52. The van der Waals surface area contributed by atoms with E-state index in [1.807, 2.05) is 6.08 Å². The van der Waals surface area contributed by atoms with Crippen molar-refractivity contribution in [3.05, 3.63) is 12.7 Å². The van der Waals surface area contributed by atoms with Gasteiger partial charge in [0.25, 0.3) is 0 Å². The molecular formula is C13H23NO. The molecule has 1 unspecified atom stereocenters. The first-order valence-corrected chi connectivity index (χ1v) is 6.08. The molecule has 15 heavy (non-hydrogen) atoms. The average molecular weight is 209 g/mol. The van der Waals surface area contributed by atoms with E-state index in [0.717, 1.165) is 25.9 Å². The molecule has 0 N–H and O–H groups in total. The molecule has 1 aliphatic rings. The normalized spacial score (nSPS) is 23.4. The largest absolute Gasteiger partial charge is 0.300 e. The first-order chi connectivity index (χ1) is 7.24. The van der Waals surface area contributed by atoms with E-state index >= 15 is 0 Å². The molecule has 0 aromatic rings. The molecule has 0 aromatic carbocycles. The Balaban J connectivity index is 2.49. The Morgan fingerprint density at radius 3 is 2.93 bits per heavy atom. The van der Waals surface area contributed by atoms with Crippen LogP contribution in [-0.2, 0) is 4.79 Å². The number of hydrogen-bond acceptors (Lipinski definition) is 2. The Morgan fingerprint density at radius 1 is 1.47 bits per heavy atom. The Labute approximate surface area is 93.3 Å². The van der Waals surface area contributed by atoms with Crippen LogP contribution in [-0.4, -0.2) is 29.8 Å². The number of Topliss-reactive ketones (excluding diaryl/α,β-unsaturated/α-hetero) is 1. The van der Waals surface area contributed by atoms with Gasteiger partial charge in [-0.1, -0.05) is 18.9 Å². The van der Waals surface area contributed by atoms with Gasteiger partial charge in [-0.3, -0.25) is 9.69 Å². The molecule has 0 spiro atoms. The predicted molar refractivity (Wildman–Crippen MR) is 63.9 cm³/mol. The third kappa shape index (κ3) is 4.61. The standard InChI is InChI=1S/C13H23NO/c1-3-4-9-14-10-7-5-6-8-13(14)11-12(2)15/h3,13H,1,4-11H2,2H3. The van der Waals surface area contributed by atoms with Crippen molar-refractivity contribution in [3.8, 4) is 0 Å². The number of nitrogens with zero attached hydrogens (tertiary/aromatic N) is 1. The molecule has 0 aromatic heterocycles. The molecule has 86 valence electrons. The van der Waals surface area contributed by atoms with Crippen molar-refractivity contribution in [2.75, 3.05) is 13.1 Å². The maximum Gasteiger partial charge on any atom is 0.131 e. The minimum absolute atomic E-state index is 0.325. The van der Waals surface area contributed by atoms with E-state index in [1.54, 1.807) is 6.92 Å². The van der Waals surface area contributed by atoms with Gasteiger partial charge in [0, 0.05) is 19.0 Å². The van der Waals surface area contributed by atoms with Crippen LogP contribution in [0.3, 0.4) is 0 Å². The van der Waals surface area contributed by atoms with Crippen molar-refractivity contribution in [1.29, 1.82) is 0 Å². The van der Waals surface area contributed by atoms with Gasteiger partial charge in [0.1, 0.15) is 5.78 Å². The maximum absolute atomic E-state index is 11.2. The predicted octanol–water partition coefficient (Wildman–Crippen LogP) is 2.79. The lowest BCUT2D eigenvalue weighted by atomic mass is 10.0. The average Bonchev–Trinajstić information content (AvgIpc) is 2.40. The first-order valence-electron chi connectivity index (χ1n) is 6.08. The molecule has 1 rings (SSSR count). The molecule has 2 nitrogen and oxygen atoms in total. The van der Waals surface area contributed by atoms with Crippen molar-refractivity contribution in [2.24, 2.45) is 0 Å². The van der Waals surface area contributed by atoms with E-state index in [4.69, 9.17) is 0 Å². The summed E-state index contributed by atoms with van der Waals surface area (Å²) in [6, 6.07) is 0.491. The van der Waals surface area contributed by atoms with Crippen molar-refractivity contribution in [3.63, 3.8) is 0 Å². The fourth-order valence-electron chi connectivity index (χ4n) is 2.35. The summed E-state index contributed by atoms with van der Waals surface area (Å²) in [5.74, 6) is 0.325. The molecule has 0 bridgehead atoms. The van der Waals surface area contributed by atoms with Crippen molar-refractivity contribution in [1.82, 2.24) is 4.90 Å². The highest BCUT2D eigenvalue weighted by molar-refractivity contribution is 5.76. The number of ketones is 1. The Kier molecular flexibility index (Phi) is 5.62. The summed E-state index contributed by atoms with van der Waals surface area (Å²) in [6.07, 6.45) is 8.81. The number of carbonyl (C=O) groups excluding carboxylic acids is 1. The van der Waals surface area contributed by atoms with Gasteiger partial charge in [-0.25, -0.2) is 0 Å². The molecule has 0 saturated carbocycles. The Morgan fingerprint density at radius 2 is 2.27 bits per heavy atom. The fourth-order valence-corrected chi connectivity index (χ4v) is 2.35. The molecule has 0 aliphatic carbocycles. The second kappa shape index (κ2) is 6.78. The number of likely N-dealkylation sites (tertiary alicyclic amines) is 1. The van der Waals surface area contributed by atoms with Crippen LogP contribution >= 0.6 is 0 Å². The van der Waals surface area contributed by atoms with E-state index in [2.05, 4.69) is 11.5 Å². The maximum atomic E-state index is 11.2.